The Kier molecular flexibility index (Phi) is 7.35. The van der Waals surface area contributed by atoms with Crippen molar-refractivity contribution in [3.8, 4) is 0 Å². The molecule has 2 saturated heterocycles. The number of ether oxygens (including phenoxy) is 4. The minimum Gasteiger partial charge on any atom is -0.461 e. The van der Waals surface area contributed by atoms with Crippen LogP contribution in [0, 0.1) is 0 Å². The van der Waals surface area contributed by atoms with Gasteiger partial charge in [-0.2, -0.15) is 0 Å². The zero-order valence-electron chi connectivity index (χ0n) is 15.6. The Morgan fingerprint density at radius 3 is 1.68 bits per heavy atom. The summed E-state index contributed by atoms with van der Waals surface area (Å²) in [7, 11) is 0. The smallest absolute Gasteiger partial charge is 0.133 e. The molecule has 1 aromatic heterocycles. The highest BCUT2D eigenvalue weighted by molar-refractivity contribution is 5.12. The van der Waals surface area contributed by atoms with Crippen LogP contribution in [0.4, 0.5) is 0 Å². The SMILES string of the molecule is CCCCC(OCC1CO1)c1ccc(C(CCCC)OCC2CO2)o1. The lowest BCUT2D eigenvalue weighted by molar-refractivity contribution is 0.00566. The van der Waals surface area contributed by atoms with Crippen LogP contribution in [-0.2, 0) is 18.9 Å². The van der Waals surface area contributed by atoms with Crippen LogP contribution in [0.3, 0.4) is 0 Å². The molecule has 1 aromatic rings. The van der Waals surface area contributed by atoms with Crippen LogP contribution < -0.4 is 0 Å². The molecule has 5 nitrogen and oxygen atoms in total. The summed E-state index contributed by atoms with van der Waals surface area (Å²) < 4.78 is 28.8. The van der Waals surface area contributed by atoms with Gasteiger partial charge in [-0.15, -0.1) is 0 Å². The fourth-order valence-electron chi connectivity index (χ4n) is 2.88. The lowest BCUT2D eigenvalue weighted by Gasteiger charge is -2.17. The Morgan fingerprint density at radius 2 is 1.32 bits per heavy atom. The fraction of sp³-hybridized carbons (Fsp3) is 0.800. The van der Waals surface area contributed by atoms with E-state index in [0.717, 1.165) is 63.3 Å². The van der Waals surface area contributed by atoms with Crippen molar-refractivity contribution < 1.29 is 23.4 Å². The lowest BCUT2D eigenvalue weighted by atomic mass is 10.1. The number of rotatable bonds is 14. The van der Waals surface area contributed by atoms with Crippen LogP contribution in [0.15, 0.2) is 16.5 Å². The fourth-order valence-corrected chi connectivity index (χ4v) is 2.88. The van der Waals surface area contributed by atoms with Crippen molar-refractivity contribution in [2.24, 2.45) is 0 Å². The normalized spacial score (nSPS) is 24.2. The first-order valence-electron chi connectivity index (χ1n) is 9.86. The second-order valence-electron chi connectivity index (χ2n) is 7.08. The standard InChI is InChI=1S/C20H32O5/c1-3-5-7-17(23-13-15-11-21-15)19-9-10-20(25-19)18(8-6-4-2)24-14-16-12-22-16/h9-10,15-18H,3-8,11-14H2,1-2H3. The van der Waals surface area contributed by atoms with Gasteiger partial charge in [-0.05, 0) is 25.0 Å². The summed E-state index contributed by atoms with van der Waals surface area (Å²) in [5.41, 5.74) is 0. The quantitative estimate of drug-likeness (QED) is 0.459. The topological polar surface area (TPSA) is 56.7 Å². The third-order valence-electron chi connectivity index (χ3n) is 4.69. The van der Waals surface area contributed by atoms with Gasteiger partial charge in [0.25, 0.3) is 0 Å². The van der Waals surface area contributed by atoms with E-state index in [1.807, 2.05) is 0 Å². The zero-order chi connectivity index (χ0) is 17.5. The van der Waals surface area contributed by atoms with Crippen LogP contribution in [0.2, 0.25) is 0 Å². The van der Waals surface area contributed by atoms with Crippen LogP contribution >= 0.6 is 0 Å². The van der Waals surface area contributed by atoms with Crippen molar-refractivity contribution in [3.05, 3.63) is 23.7 Å². The van der Waals surface area contributed by atoms with Gasteiger partial charge in [0.05, 0.1) is 26.4 Å². The molecule has 3 heterocycles. The summed E-state index contributed by atoms with van der Waals surface area (Å²) in [6.45, 7) is 7.34. The second-order valence-corrected chi connectivity index (χ2v) is 7.08. The van der Waals surface area contributed by atoms with Gasteiger partial charge >= 0.3 is 0 Å². The Hall–Kier alpha value is -0.880. The van der Waals surface area contributed by atoms with Gasteiger partial charge < -0.3 is 23.4 Å². The van der Waals surface area contributed by atoms with Gasteiger partial charge in [-0.3, -0.25) is 0 Å². The Morgan fingerprint density at radius 1 is 0.880 bits per heavy atom. The molecule has 2 aliphatic rings. The maximum absolute atomic E-state index is 6.18. The van der Waals surface area contributed by atoms with E-state index in [0.29, 0.717) is 13.2 Å². The van der Waals surface area contributed by atoms with E-state index in [2.05, 4.69) is 26.0 Å². The maximum Gasteiger partial charge on any atom is 0.133 e. The average molecular weight is 352 g/mol. The summed E-state index contributed by atoms with van der Waals surface area (Å²) in [6.07, 6.45) is 7.08. The van der Waals surface area contributed by atoms with E-state index in [4.69, 9.17) is 23.4 Å². The molecule has 0 saturated carbocycles. The van der Waals surface area contributed by atoms with Crippen LogP contribution in [-0.4, -0.2) is 38.6 Å². The number of furan rings is 1. The Bertz CT molecular complexity index is 450. The van der Waals surface area contributed by atoms with Crippen LogP contribution in [0.25, 0.3) is 0 Å². The van der Waals surface area contributed by atoms with Gasteiger partial charge in [0.15, 0.2) is 0 Å². The van der Waals surface area contributed by atoms with E-state index in [1.165, 1.54) is 0 Å². The predicted molar refractivity (Wildman–Crippen MR) is 94.6 cm³/mol. The molecule has 0 N–H and O–H groups in total. The molecular weight excluding hydrogens is 320 g/mol. The summed E-state index contributed by atoms with van der Waals surface area (Å²) in [5.74, 6) is 1.83. The highest BCUT2D eigenvalue weighted by Crippen LogP contribution is 2.32. The van der Waals surface area contributed by atoms with Gasteiger partial charge in [0, 0.05) is 0 Å². The van der Waals surface area contributed by atoms with E-state index < -0.39 is 0 Å². The molecule has 4 unspecified atom stereocenters. The van der Waals surface area contributed by atoms with Gasteiger partial charge in [-0.25, -0.2) is 0 Å². The predicted octanol–water partition coefficient (Wildman–Crippen LogP) is 4.57. The van der Waals surface area contributed by atoms with E-state index >= 15 is 0 Å². The first-order chi connectivity index (χ1) is 12.3. The molecule has 25 heavy (non-hydrogen) atoms. The summed E-state index contributed by atoms with van der Waals surface area (Å²) in [6, 6.07) is 4.11. The van der Waals surface area contributed by atoms with Crippen molar-refractivity contribution in [1.29, 1.82) is 0 Å². The van der Waals surface area contributed by atoms with Crippen molar-refractivity contribution in [2.75, 3.05) is 26.4 Å². The number of epoxide rings is 2. The molecule has 4 atom stereocenters. The van der Waals surface area contributed by atoms with Crippen molar-refractivity contribution >= 4 is 0 Å². The Balaban J connectivity index is 1.60. The molecule has 0 bridgehead atoms. The first-order valence-corrected chi connectivity index (χ1v) is 9.86. The van der Waals surface area contributed by atoms with Crippen molar-refractivity contribution in [2.45, 2.75) is 76.8 Å². The lowest BCUT2D eigenvalue weighted by Crippen LogP contribution is -2.10. The number of hydrogen-bond acceptors (Lipinski definition) is 5. The largest absolute Gasteiger partial charge is 0.461 e. The summed E-state index contributed by atoms with van der Waals surface area (Å²) >= 11 is 0. The van der Waals surface area contributed by atoms with Crippen LogP contribution in [0.1, 0.15) is 76.1 Å². The molecule has 0 spiro atoms. The Labute approximate surface area is 151 Å². The molecule has 0 aromatic carbocycles. The second kappa shape index (κ2) is 9.72. The number of hydrogen-bond donors (Lipinski definition) is 0. The van der Waals surface area contributed by atoms with E-state index in [1.54, 1.807) is 0 Å². The van der Waals surface area contributed by atoms with Gasteiger partial charge in [-0.1, -0.05) is 39.5 Å². The zero-order valence-corrected chi connectivity index (χ0v) is 15.6. The van der Waals surface area contributed by atoms with Crippen LogP contribution in [0.5, 0.6) is 0 Å². The summed E-state index contributed by atoms with van der Waals surface area (Å²) in [4.78, 5) is 0. The maximum atomic E-state index is 6.18. The molecule has 142 valence electrons. The minimum atomic E-state index is 0.0106. The van der Waals surface area contributed by atoms with E-state index in [-0.39, 0.29) is 24.4 Å². The average Bonchev–Trinajstić information content (AvgIpc) is 3.55. The monoisotopic (exact) mass is 352 g/mol. The first kappa shape index (κ1) is 18.9. The molecule has 2 fully saturated rings. The van der Waals surface area contributed by atoms with Gasteiger partial charge in [0.2, 0.25) is 0 Å². The molecule has 0 amide bonds. The minimum absolute atomic E-state index is 0.0106. The molecule has 3 rings (SSSR count). The molecular formula is C20H32O5. The number of unbranched alkanes of at least 4 members (excludes halogenated alkanes) is 2. The molecule has 2 aliphatic heterocycles. The van der Waals surface area contributed by atoms with Gasteiger partial charge in [0.1, 0.15) is 35.9 Å². The molecule has 0 radical (unpaired) electrons. The molecule has 0 aliphatic carbocycles. The molecule has 5 heteroatoms. The highest BCUT2D eigenvalue weighted by atomic mass is 16.6. The van der Waals surface area contributed by atoms with Crippen molar-refractivity contribution in [3.63, 3.8) is 0 Å². The highest BCUT2D eigenvalue weighted by Gasteiger charge is 2.28. The van der Waals surface area contributed by atoms with E-state index in [9.17, 15) is 0 Å². The third kappa shape index (κ3) is 6.41. The third-order valence-corrected chi connectivity index (χ3v) is 4.69. The van der Waals surface area contributed by atoms with Crippen molar-refractivity contribution in [1.82, 2.24) is 0 Å². The summed E-state index contributed by atoms with van der Waals surface area (Å²) in [5, 5.41) is 0.